The number of aliphatic hydroxyl groups is 1. The van der Waals surface area contributed by atoms with Crippen LogP contribution in [0.2, 0.25) is 0 Å². The largest absolute Gasteiger partial charge is 0.389 e. The monoisotopic (exact) mass is 370 g/mol. The Morgan fingerprint density at radius 2 is 1.85 bits per heavy atom. The number of rotatable bonds is 4. The molecular formula is C19H23FN6O. The van der Waals surface area contributed by atoms with Gasteiger partial charge in [-0.05, 0) is 37.2 Å². The first-order valence-electron chi connectivity index (χ1n) is 9.57. The molecule has 0 radical (unpaired) electrons. The van der Waals surface area contributed by atoms with Gasteiger partial charge in [-0.15, -0.1) is 0 Å². The van der Waals surface area contributed by atoms with Crippen molar-refractivity contribution < 1.29 is 9.50 Å². The highest BCUT2D eigenvalue weighted by atomic mass is 19.1. The summed E-state index contributed by atoms with van der Waals surface area (Å²) in [5.41, 5.74) is 0.508. The highest BCUT2D eigenvalue weighted by Crippen LogP contribution is 2.37. The van der Waals surface area contributed by atoms with Crippen molar-refractivity contribution in [2.45, 2.75) is 25.4 Å². The number of nitrogens with zero attached hydrogens (tertiary/aromatic N) is 5. The van der Waals surface area contributed by atoms with E-state index in [2.05, 4.69) is 25.2 Å². The van der Waals surface area contributed by atoms with E-state index in [1.54, 1.807) is 17.3 Å². The highest BCUT2D eigenvalue weighted by Gasteiger charge is 2.33. The number of halogens is 1. The molecule has 8 heteroatoms. The van der Waals surface area contributed by atoms with Crippen LogP contribution in [0.1, 0.15) is 19.3 Å². The summed E-state index contributed by atoms with van der Waals surface area (Å²) in [6, 6.07) is 3.33. The Bertz CT molecular complexity index is 831. The van der Waals surface area contributed by atoms with Crippen molar-refractivity contribution in [3.63, 3.8) is 0 Å². The minimum absolute atomic E-state index is 0.268. The molecule has 7 nitrogen and oxygen atoms in total. The van der Waals surface area contributed by atoms with Crippen molar-refractivity contribution in [1.29, 1.82) is 0 Å². The van der Waals surface area contributed by atoms with E-state index in [-0.39, 0.29) is 5.82 Å². The standard InChI is InChI=1S/C19H23FN6O/c20-16-6-14(7-22-18(16)26-10-15(27)11-26)23-19-21-4-3-17(24-19)25-8-12-1-2-13(5-12)9-25/h3-4,6-7,12-13,15,27H,1-2,5,8-11H2,(H,21,23,24)/t12-,13+. The van der Waals surface area contributed by atoms with Crippen LogP contribution in [0.15, 0.2) is 24.5 Å². The first-order valence-corrected chi connectivity index (χ1v) is 9.57. The quantitative estimate of drug-likeness (QED) is 0.854. The molecule has 3 aliphatic rings. The maximum atomic E-state index is 14.3. The maximum absolute atomic E-state index is 14.3. The van der Waals surface area contributed by atoms with Gasteiger partial charge in [0.15, 0.2) is 11.6 Å². The normalized spacial score (nSPS) is 24.8. The van der Waals surface area contributed by atoms with Crippen LogP contribution in [0, 0.1) is 17.7 Å². The van der Waals surface area contributed by atoms with Gasteiger partial charge in [0.25, 0.3) is 0 Å². The van der Waals surface area contributed by atoms with Crippen LogP contribution in [0.5, 0.6) is 0 Å². The summed E-state index contributed by atoms with van der Waals surface area (Å²) in [7, 11) is 0. The van der Waals surface area contributed by atoms with Crippen LogP contribution in [-0.2, 0) is 0 Å². The zero-order valence-corrected chi connectivity index (χ0v) is 15.1. The Labute approximate surface area is 157 Å². The summed E-state index contributed by atoms with van der Waals surface area (Å²) in [4.78, 5) is 17.1. The second-order valence-corrected chi connectivity index (χ2v) is 7.90. The third kappa shape index (κ3) is 3.29. The average molecular weight is 370 g/mol. The summed E-state index contributed by atoms with van der Waals surface area (Å²) in [6.07, 6.45) is 6.90. The number of piperidine rings is 1. The molecular weight excluding hydrogens is 347 g/mol. The van der Waals surface area contributed by atoms with E-state index < -0.39 is 11.9 Å². The number of hydrogen-bond acceptors (Lipinski definition) is 7. The van der Waals surface area contributed by atoms with Crippen LogP contribution < -0.4 is 15.1 Å². The van der Waals surface area contributed by atoms with Gasteiger partial charge in [0, 0.05) is 38.4 Å². The Morgan fingerprint density at radius 1 is 1.07 bits per heavy atom. The molecule has 4 heterocycles. The second-order valence-electron chi connectivity index (χ2n) is 7.90. The number of β-amino-alcohol motifs (C(OH)–C–C–N with tert-alkyl or cyclic N) is 1. The lowest BCUT2D eigenvalue weighted by atomic mass is 9.99. The maximum Gasteiger partial charge on any atom is 0.229 e. The van der Waals surface area contributed by atoms with Crippen molar-refractivity contribution in [1.82, 2.24) is 15.0 Å². The number of anilines is 4. The molecule has 2 aromatic rings. The molecule has 2 aromatic heterocycles. The second kappa shape index (κ2) is 6.60. The van der Waals surface area contributed by atoms with Gasteiger partial charge < -0.3 is 20.2 Å². The van der Waals surface area contributed by atoms with Gasteiger partial charge in [0.05, 0.1) is 18.0 Å². The fraction of sp³-hybridized carbons (Fsp3) is 0.526. The summed E-state index contributed by atoms with van der Waals surface area (Å²) in [6.45, 7) is 2.94. The molecule has 0 amide bonds. The molecule has 2 N–H and O–H groups in total. The highest BCUT2D eigenvalue weighted by molar-refractivity contribution is 5.57. The van der Waals surface area contributed by atoms with Gasteiger partial charge in [-0.25, -0.2) is 14.4 Å². The van der Waals surface area contributed by atoms with Gasteiger partial charge in [0.1, 0.15) is 5.82 Å². The fourth-order valence-electron chi connectivity index (χ4n) is 4.47. The number of pyridine rings is 1. The van der Waals surface area contributed by atoms with Gasteiger partial charge in [-0.1, -0.05) is 0 Å². The van der Waals surface area contributed by atoms with Crippen molar-refractivity contribution in [3.8, 4) is 0 Å². The summed E-state index contributed by atoms with van der Waals surface area (Å²) < 4.78 is 14.3. The molecule has 2 saturated heterocycles. The molecule has 0 aromatic carbocycles. The van der Waals surface area contributed by atoms with E-state index in [0.717, 1.165) is 30.7 Å². The number of aliphatic hydroxyl groups excluding tert-OH is 1. The van der Waals surface area contributed by atoms with Crippen molar-refractivity contribution >= 4 is 23.3 Å². The van der Waals surface area contributed by atoms with E-state index in [4.69, 9.17) is 0 Å². The van der Waals surface area contributed by atoms with Gasteiger partial charge >= 0.3 is 0 Å². The van der Waals surface area contributed by atoms with Crippen molar-refractivity contribution in [2.24, 2.45) is 11.8 Å². The van der Waals surface area contributed by atoms with E-state index in [9.17, 15) is 9.50 Å². The van der Waals surface area contributed by atoms with Gasteiger partial charge in [-0.2, -0.15) is 4.98 Å². The third-order valence-corrected chi connectivity index (χ3v) is 5.81. The zero-order chi connectivity index (χ0) is 18.4. The SMILES string of the molecule is OC1CN(c2ncc(Nc3nccc(N4C[C@@H]5CC[C@@H](C5)C4)n3)cc2F)C1. The predicted octanol–water partition coefficient (Wildman–Crippen LogP) is 2.17. The molecule has 142 valence electrons. The van der Waals surface area contributed by atoms with Crippen molar-refractivity contribution in [3.05, 3.63) is 30.3 Å². The van der Waals surface area contributed by atoms with Gasteiger partial charge in [-0.3, -0.25) is 0 Å². The van der Waals surface area contributed by atoms with Crippen molar-refractivity contribution in [2.75, 3.05) is 41.3 Å². The smallest absolute Gasteiger partial charge is 0.229 e. The lowest BCUT2D eigenvalue weighted by Gasteiger charge is -2.36. The molecule has 5 rings (SSSR count). The molecule has 0 spiro atoms. The number of hydrogen-bond donors (Lipinski definition) is 2. The molecule has 2 aliphatic heterocycles. The minimum atomic E-state index is -0.421. The van der Waals surface area contributed by atoms with Gasteiger partial charge in [0.2, 0.25) is 5.95 Å². The first kappa shape index (κ1) is 16.7. The van der Waals surface area contributed by atoms with Crippen LogP contribution in [0.3, 0.4) is 0 Å². The van der Waals surface area contributed by atoms with Crippen LogP contribution in [0.25, 0.3) is 0 Å². The number of fused-ring (bicyclic) bond motifs is 2. The minimum Gasteiger partial charge on any atom is -0.389 e. The van der Waals surface area contributed by atoms with Crippen LogP contribution in [0.4, 0.5) is 27.7 Å². The Hall–Kier alpha value is -2.48. The summed E-state index contributed by atoms with van der Waals surface area (Å²) >= 11 is 0. The van der Waals surface area contributed by atoms with E-state index in [1.165, 1.54) is 25.3 Å². The Kier molecular flexibility index (Phi) is 4.07. The van der Waals surface area contributed by atoms with Crippen LogP contribution in [-0.4, -0.2) is 52.3 Å². The molecule has 2 bridgehead atoms. The lowest BCUT2D eigenvalue weighted by molar-refractivity contribution is 0.140. The fourth-order valence-corrected chi connectivity index (χ4v) is 4.47. The summed E-state index contributed by atoms with van der Waals surface area (Å²) in [5.74, 6) is 2.77. The zero-order valence-electron chi connectivity index (χ0n) is 15.1. The van der Waals surface area contributed by atoms with E-state index in [1.807, 2.05) is 6.07 Å². The average Bonchev–Trinajstić information content (AvgIpc) is 2.98. The molecule has 1 saturated carbocycles. The number of nitrogens with one attached hydrogen (secondary N) is 1. The Morgan fingerprint density at radius 3 is 2.56 bits per heavy atom. The summed E-state index contributed by atoms with van der Waals surface area (Å²) in [5, 5.41) is 12.4. The topological polar surface area (TPSA) is 77.4 Å². The van der Waals surface area contributed by atoms with E-state index in [0.29, 0.717) is 24.7 Å². The first-order chi connectivity index (χ1) is 13.1. The molecule has 1 aliphatic carbocycles. The van der Waals surface area contributed by atoms with E-state index >= 15 is 0 Å². The molecule has 3 fully saturated rings. The third-order valence-electron chi connectivity index (χ3n) is 5.81. The molecule has 27 heavy (non-hydrogen) atoms. The lowest BCUT2D eigenvalue weighted by Crippen LogP contribution is -2.51. The van der Waals surface area contributed by atoms with Crippen LogP contribution >= 0.6 is 0 Å². The predicted molar refractivity (Wildman–Crippen MR) is 101 cm³/mol. The number of aromatic nitrogens is 3. The molecule has 2 atom stereocenters. The molecule has 0 unspecified atom stereocenters. The Balaban J connectivity index is 1.30.